The van der Waals surface area contributed by atoms with Gasteiger partial charge < -0.3 is 9.84 Å². The van der Waals surface area contributed by atoms with Crippen LogP contribution in [0.1, 0.15) is 5.01 Å². The zero-order valence-electron chi connectivity index (χ0n) is 10.6. The van der Waals surface area contributed by atoms with E-state index in [1.807, 2.05) is 42.5 Å². The lowest BCUT2D eigenvalue weighted by atomic mass is 10.1. The quantitative estimate of drug-likeness (QED) is 0.796. The maximum Gasteiger partial charge on any atom is 0.299 e. The first-order valence-electron chi connectivity index (χ1n) is 6.12. The number of ether oxygens (including phenoxy) is 1. The molecule has 100 valence electrons. The van der Waals surface area contributed by atoms with Gasteiger partial charge in [0.2, 0.25) is 0 Å². The van der Waals surface area contributed by atoms with Gasteiger partial charge in [0.1, 0.15) is 10.8 Å². The summed E-state index contributed by atoms with van der Waals surface area (Å²) in [6, 6.07) is 17.9. The molecule has 1 aromatic heterocycles. The normalized spacial score (nSPS) is 10.4. The van der Waals surface area contributed by atoms with Crippen LogP contribution in [0.5, 0.6) is 10.9 Å². The van der Waals surface area contributed by atoms with Gasteiger partial charge in [-0.25, -0.2) is 0 Å². The highest BCUT2D eigenvalue weighted by atomic mass is 32.1. The predicted octanol–water partition coefficient (Wildman–Crippen LogP) is 3.49. The highest BCUT2D eigenvalue weighted by Crippen LogP contribution is 2.27. The summed E-state index contributed by atoms with van der Waals surface area (Å²) in [4.78, 5) is 0. The van der Waals surface area contributed by atoms with Crippen LogP contribution in [-0.2, 0) is 6.61 Å². The molecule has 3 aromatic rings. The van der Waals surface area contributed by atoms with E-state index >= 15 is 0 Å². The van der Waals surface area contributed by atoms with E-state index in [2.05, 4.69) is 22.3 Å². The number of hydrogen-bond acceptors (Lipinski definition) is 5. The summed E-state index contributed by atoms with van der Waals surface area (Å²) in [5.74, 6) is 0.699. The van der Waals surface area contributed by atoms with Crippen LogP contribution in [-0.4, -0.2) is 15.3 Å². The molecule has 0 unspecified atom stereocenters. The van der Waals surface area contributed by atoms with Gasteiger partial charge in [-0.2, -0.15) is 0 Å². The molecular weight excluding hydrogens is 272 g/mol. The van der Waals surface area contributed by atoms with Gasteiger partial charge in [-0.05, 0) is 23.3 Å². The first kappa shape index (κ1) is 12.8. The van der Waals surface area contributed by atoms with E-state index in [1.54, 1.807) is 0 Å². The van der Waals surface area contributed by atoms with E-state index in [9.17, 15) is 0 Å². The van der Waals surface area contributed by atoms with Crippen LogP contribution in [0.15, 0.2) is 54.6 Å². The second kappa shape index (κ2) is 5.81. The highest BCUT2D eigenvalue weighted by Gasteiger charge is 2.05. The third kappa shape index (κ3) is 2.84. The second-order valence-electron chi connectivity index (χ2n) is 4.11. The Bertz CT molecular complexity index is 681. The van der Waals surface area contributed by atoms with E-state index in [0.717, 1.165) is 11.1 Å². The minimum Gasteiger partial charge on any atom is -0.430 e. The van der Waals surface area contributed by atoms with E-state index in [-0.39, 0.29) is 6.61 Å². The molecule has 0 saturated heterocycles. The van der Waals surface area contributed by atoms with Crippen LogP contribution in [0, 0.1) is 0 Å². The number of nitrogens with zero attached hydrogens (tertiary/aromatic N) is 2. The average Bonchev–Trinajstić information content (AvgIpc) is 2.97. The molecule has 0 aliphatic carbocycles. The zero-order chi connectivity index (χ0) is 13.8. The minimum atomic E-state index is -0.117. The topological polar surface area (TPSA) is 55.2 Å². The van der Waals surface area contributed by atoms with E-state index < -0.39 is 0 Å². The molecule has 4 nitrogen and oxygen atoms in total. The van der Waals surface area contributed by atoms with Crippen molar-refractivity contribution in [2.75, 3.05) is 0 Å². The number of aliphatic hydroxyl groups is 1. The van der Waals surface area contributed by atoms with Crippen LogP contribution in [0.4, 0.5) is 0 Å². The fourth-order valence-corrected chi connectivity index (χ4v) is 2.36. The number of aromatic nitrogens is 2. The van der Waals surface area contributed by atoms with Crippen LogP contribution in [0.3, 0.4) is 0 Å². The van der Waals surface area contributed by atoms with Gasteiger partial charge in [0, 0.05) is 0 Å². The summed E-state index contributed by atoms with van der Waals surface area (Å²) in [6.45, 7) is -0.117. The van der Waals surface area contributed by atoms with Crippen molar-refractivity contribution in [3.63, 3.8) is 0 Å². The molecule has 0 aliphatic rings. The summed E-state index contributed by atoms with van der Waals surface area (Å²) >= 11 is 1.23. The molecule has 0 atom stereocenters. The fourth-order valence-electron chi connectivity index (χ4n) is 1.79. The Labute approximate surface area is 120 Å². The molecule has 0 fully saturated rings. The molecule has 0 spiro atoms. The van der Waals surface area contributed by atoms with E-state index in [1.165, 1.54) is 11.3 Å². The van der Waals surface area contributed by atoms with Crippen molar-refractivity contribution < 1.29 is 9.84 Å². The molecule has 0 radical (unpaired) electrons. The Kier molecular flexibility index (Phi) is 3.71. The van der Waals surface area contributed by atoms with Crippen molar-refractivity contribution >= 4 is 11.3 Å². The van der Waals surface area contributed by atoms with Gasteiger partial charge in [-0.3, -0.25) is 0 Å². The van der Waals surface area contributed by atoms with Gasteiger partial charge in [-0.15, -0.1) is 5.10 Å². The lowest BCUT2D eigenvalue weighted by molar-refractivity contribution is 0.280. The lowest BCUT2D eigenvalue weighted by Crippen LogP contribution is -1.84. The molecule has 2 aromatic carbocycles. The van der Waals surface area contributed by atoms with Gasteiger partial charge in [0.15, 0.2) is 0 Å². The number of hydrogen-bond donors (Lipinski definition) is 1. The molecular formula is C15H12N2O2S. The minimum absolute atomic E-state index is 0.117. The Morgan fingerprint density at radius 3 is 2.25 bits per heavy atom. The summed E-state index contributed by atoms with van der Waals surface area (Å²) in [5, 5.41) is 17.5. The van der Waals surface area contributed by atoms with Crippen molar-refractivity contribution in [3.05, 3.63) is 59.6 Å². The summed E-state index contributed by atoms with van der Waals surface area (Å²) in [7, 11) is 0. The van der Waals surface area contributed by atoms with Crippen molar-refractivity contribution in [1.29, 1.82) is 0 Å². The van der Waals surface area contributed by atoms with Gasteiger partial charge in [0.05, 0.1) is 6.61 Å². The molecule has 0 amide bonds. The van der Waals surface area contributed by atoms with Crippen molar-refractivity contribution in [1.82, 2.24) is 10.2 Å². The van der Waals surface area contributed by atoms with E-state index in [0.29, 0.717) is 16.0 Å². The summed E-state index contributed by atoms with van der Waals surface area (Å²) < 4.78 is 5.59. The first-order valence-corrected chi connectivity index (χ1v) is 6.93. The largest absolute Gasteiger partial charge is 0.430 e. The van der Waals surface area contributed by atoms with Crippen molar-refractivity contribution in [3.8, 4) is 22.1 Å². The third-order valence-corrected chi connectivity index (χ3v) is 3.54. The van der Waals surface area contributed by atoms with Gasteiger partial charge in [0.25, 0.3) is 5.19 Å². The van der Waals surface area contributed by atoms with Crippen molar-refractivity contribution in [2.45, 2.75) is 6.61 Å². The van der Waals surface area contributed by atoms with Crippen LogP contribution >= 0.6 is 11.3 Å². The number of rotatable bonds is 4. The molecule has 3 rings (SSSR count). The second-order valence-corrected chi connectivity index (χ2v) is 5.14. The summed E-state index contributed by atoms with van der Waals surface area (Å²) in [6.07, 6.45) is 0. The zero-order valence-corrected chi connectivity index (χ0v) is 11.4. The average molecular weight is 284 g/mol. The molecule has 5 heteroatoms. The monoisotopic (exact) mass is 284 g/mol. The molecule has 1 N–H and O–H groups in total. The lowest BCUT2D eigenvalue weighted by Gasteiger charge is -2.04. The maximum atomic E-state index is 8.93. The predicted molar refractivity (Wildman–Crippen MR) is 77.8 cm³/mol. The maximum absolute atomic E-state index is 8.93. The molecule has 20 heavy (non-hydrogen) atoms. The van der Waals surface area contributed by atoms with Crippen molar-refractivity contribution in [2.24, 2.45) is 0 Å². The van der Waals surface area contributed by atoms with Crippen LogP contribution in [0.2, 0.25) is 0 Å². The number of benzene rings is 2. The molecule has 0 bridgehead atoms. The van der Waals surface area contributed by atoms with Gasteiger partial charge >= 0.3 is 0 Å². The molecule has 0 saturated carbocycles. The SMILES string of the molecule is OCc1nnc(Oc2ccc(-c3ccccc3)cc2)s1. The van der Waals surface area contributed by atoms with Gasteiger partial charge in [-0.1, -0.05) is 58.9 Å². The Balaban J connectivity index is 1.76. The van der Waals surface area contributed by atoms with Crippen LogP contribution < -0.4 is 4.74 Å². The summed E-state index contributed by atoms with van der Waals surface area (Å²) in [5.41, 5.74) is 2.30. The first-order chi connectivity index (χ1) is 9.85. The Hall–Kier alpha value is -2.24. The molecule has 1 heterocycles. The highest BCUT2D eigenvalue weighted by molar-refractivity contribution is 7.13. The number of aliphatic hydroxyl groups excluding tert-OH is 1. The third-order valence-electron chi connectivity index (χ3n) is 2.75. The molecule has 0 aliphatic heterocycles. The fraction of sp³-hybridized carbons (Fsp3) is 0.0667. The van der Waals surface area contributed by atoms with E-state index in [4.69, 9.17) is 9.84 Å². The van der Waals surface area contributed by atoms with Crippen LogP contribution in [0.25, 0.3) is 11.1 Å². The Morgan fingerprint density at radius 2 is 1.60 bits per heavy atom. The standard InChI is InChI=1S/C15H12N2O2S/c18-10-14-16-17-15(20-14)19-13-8-6-12(7-9-13)11-4-2-1-3-5-11/h1-9,18H,10H2. The smallest absolute Gasteiger partial charge is 0.299 e. The Morgan fingerprint density at radius 1 is 0.900 bits per heavy atom.